The van der Waals surface area contributed by atoms with Crippen LogP contribution >= 0.6 is 0 Å². The molecule has 2 fully saturated rings. The molecule has 20 heavy (non-hydrogen) atoms. The monoisotopic (exact) mass is 274 g/mol. The van der Waals surface area contributed by atoms with Crippen LogP contribution in [0.5, 0.6) is 5.75 Å². The summed E-state index contributed by atoms with van der Waals surface area (Å²) in [5, 5.41) is 3.63. The average Bonchev–Trinajstić information content (AvgIpc) is 2.71. The minimum Gasteiger partial charge on any atom is -0.492 e. The molecule has 2 saturated heterocycles. The Balaban J connectivity index is 1.47. The third-order valence-electron chi connectivity index (χ3n) is 4.74. The fourth-order valence-electron chi connectivity index (χ4n) is 3.88. The molecule has 2 heterocycles. The summed E-state index contributed by atoms with van der Waals surface area (Å²) in [5.74, 6) is 0.988. The van der Waals surface area contributed by atoms with E-state index in [4.69, 9.17) is 4.74 Å². The van der Waals surface area contributed by atoms with E-state index in [9.17, 15) is 0 Å². The zero-order chi connectivity index (χ0) is 13.8. The Morgan fingerprint density at radius 3 is 2.50 bits per heavy atom. The Kier molecular flexibility index (Phi) is 4.58. The van der Waals surface area contributed by atoms with Gasteiger partial charge < -0.3 is 10.1 Å². The lowest BCUT2D eigenvalue weighted by Crippen LogP contribution is -2.50. The van der Waals surface area contributed by atoms with Crippen molar-refractivity contribution in [1.29, 1.82) is 0 Å². The Morgan fingerprint density at radius 2 is 1.85 bits per heavy atom. The minimum absolute atomic E-state index is 0.740. The van der Waals surface area contributed by atoms with Crippen molar-refractivity contribution in [3.63, 3.8) is 0 Å². The van der Waals surface area contributed by atoms with Gasteiger partial charge in [0.15, 0.2) is 0 Å². The van der Waals surface area contributed by atoms with Gasteiger partial charge in [-0.2, -0.15) is 0 Å². The summed E-state index contributed by atoms with van der Waals surface area (Å²) in [6.45, 7) is 5.19. The first-order valence-corrected chi connectivity index (χ1v) is 8.03. The molecule has 3 rings (SSSR count). The van der Waals surface area contributed by atoms with Crippen LogP contribution in [0.15, 0.2) is 30.3 Å². The topological polar surface area (TPSA) is 24.5 Å². The molecule has 0 aliphatic carbocycles. The molecule has 2 atom stereocenters. The predicted molar refractivity (Wildman–Crippen MR) is 82.2 cm³/mol. The Morgan fingerprint density at radius 1 is 1.15 bits per heavy atom. The van der Waals surface area contributed by atoms with Gasteiger partial charge in [-0.15, -0.1) is 0 Å². The summed E-state index contributed by atoms with van der Waals surface area (Å²) in [6, 6.07) is 12.4. The third kappa shape index (κ3) is 3.15. The summed E-state index contributed by atoms with van der Waals surface area (Å²) in [5.41, 5.74) is 0. The molecule has 1 aromatic rings. The molecule has 2 bridgehead atoms. The number of para-hydroxylation sites is 1. The number of fused-ring (bicyclic) bond motifs is 2. The van der Waals surface area contributed by atoms with E-state index in [0.29, 0.717) is 0 Å². The summed E-state index contributed by atoms with van der Waals surface area (Å²) < 4.78 is 5.85. The second kappa shape index (κ2) is 6.59. The molecule has 110 valence electrons. The van der Waals surface area contributed by atoms with E-state index in [1.807, 2.05) is 30.3 Å². The van der Waals surface area contributed by atoms with Crippen LogP contribution in [-0.4, -0.2) is 42.7 Å². The van der Waals surface area contributed by atoms with Crippen LogP contribution in [0.25, 0.3) is 0 Å². The zero-order valence-corrected chi connectivity index (χ0v) is 12.4. The molecule has 1 N–H and O–H groups in total. The molecule has 2 unspecified atom stereocenters. The Labute approximate surface area is 122 Å². The first kappa shape index (κ1) is 13.9. The predicted octanol–water partition coefficient (Wildman–Crippen LogP) is 2.67. The maximum absolute atomic E-state index is 5.85. The highest BCUT2D eigenvalue weighted by atomic mass is 16.5. The molecule has 0 spiro atoms. The van der Waals surface area contributed by atoms with Gasteiger partial charge in [0.05, 0.1) is 0 Å². The van der Waals surface area contributed by atoms with E-state index in [1.54, 1.807) is 0 Å². The molecule has 0 aromatic heterocycles. The largest absolute Gasteiger partial charge is 0.492 e. The van der Waals surface area contributed by atoms with Gasteiger partial charge in [0.2, 0.25) is 0 Å². The third-order valence-corrected chi connectivity index (χ3v) is 4.74. The van der Waals surface area contributed by atoms with Gasteiger partial charge in [-0.3, -0.25) is 4.90 Å². The number of ether oxygens (including phenoxy) is 1. The van der Waals surface area contributed by atoms with Crippen molar-refractivity contribution in [2.24, 2.45) is 0 Å². The van der Waals surface area contributed by atoms with Crippen molar-refractivity contribution in [1.82, 2.24) is 10.2 Å². The molecular formula is C17H26N2O. The van der Waals surface area contributed by atoms with Crippen molar-refractivity contribution in [2.75, 3.05) is 19.7 Å². The number of rotatable bonds is 6. The quantitative estimate of drug-likeness (QED) is 0.863. The summed E-state index contributed by atoms with van der Waals surface area (Å²) in [7, 11) is 0. The van der Waals surface area contributed by atoms with Gasteiger partial charge in [0, 0.05) is 24.7 Å². The highest BCUT2D eigenvalue weighted by Crippen LogP contribution is 2.35. The summed E-state index contributed by atoms with van der Waals surface area (Å²) in [4.78, 5) is 2.69. The number of piperidine rings is 1. The molecule has 0 radical (unpaired) electrons. The SMILES string of the molecule is CCNC1CC2CCC(C1)N2CCOc1ccccc1. The van der Waals surface area contributed by atoms with Crippen LogP contribution in [-0.2, 0) is 0 Å². The first-order valence-electron chi connectivity index (χ1n) is 8.03. The standard InChI is InChI=1S/C17H26N2O/c1-2-18-14-12-15-8-9-16(13-14)19(15)10-11-20-17-6-4-3-5-7-17/h3-7,14-16,18H,2,8-13H2,1H3. The number of hydrogen-bond acceptors (Lipinski definition) is 3. The highest BCUT2D eigenvalue weighted by molar-refractivity contribution is 5.20. The summed E-state index contributed by atoms with van der Waals surface area (Å²) >= 11 is 0. The first-order chi connectivity index (χ1) is 9.86. The minimum atomic E-state index is 0.740. The van der Waals surface area contributed by atoms with Gasteiger partial charge in [-0.05, 0) is 44.4 Å². The molecule has 3 nitrogen and oxygen atoms in total. The fourth-order valence-corrected chi connectivity index (χ4v) is 3.88. The van der Waals surface area contributed by atoms with Crippen LogP contribution in [0.4, 0.5) is 0 Å². The van der Waals surface area contributed by atoms with E-state index in [-0.39, 0.29) is 0 Å². The molecule has 0 amide bonds. The van der Waals surface area contributed by atoms with Gasteiger partial charge in [-0.25, -0.2) is 0 Å². The second-order valence-corrected chi connectivity index (χ2v) is 6.01. The van der Waals surface area contributed by atoms with Crippen molar-refractivity contribution in [3.8, 4) is 5.75 Å². The van der Waals surface area contributed by atoms with E-state index >= 15 is 0 Å². The van der Waals surface area contributed by atoms with Gasteiger partial charge in [0.25, 0.3) is 0 Å². The fraction of sp³-hybridized carbons (Fsp3) is 0.647. The molecule has 2 aliphatic heterocycles. The molecule has 0 saturated carbocycles. The van der Waals surface area contributed by atoms with E-state index in [1.165, 1.54) is 25.7 Å². The van der Waals surface area contributed by atoms with Gasteiger partial charge in [-0.1, -0.05) is 25.1 Å². The molecule has 3 heteroatoms. The average molecular weight is 274 g/mol. The van der Waals surface area contributed by atoms with E-state index in [0.717, 1.165) is 43.6 Å². The number of nitrogens with zero attached hydrogens (tertiary/aromatic N) is 1. The lowest BCUT2D eigenvalue weighted by Gasteiger charge is -2.39. The van der Waals surface area contributed by atoms with Crippen LogP contribution in [0, 0.1) is 0 Å². The molecular weight excluding hydrogens is 248 g/mol. The number of hydrogen-bond donors (Lipinski definition) is 1. The normalized spacial score (nSPS) is 29.6. The van der Waals surface area contributed by atoms with Crippen molar-refractivity contribution in [2.45, 2.75) is 50.7 Å². The van der Waals surface area contributed by atoms with Crippen molar-refractivity contribution < 1.29 is 4.74 Å². The maximum atomic E-state index is 5.85. The summed E-state index contributed by atoms with van der Waals surface area (Å²) in [6.07, 6.45) is 5.38. The molecule has 1 aromatic carbocycles. The van der Waals surface area contributed by atoms with Gasteiger partial charge >= 0.3 is 0 Å². The van der Waals surface area contributed by atoms with Crippen LogP contribution < -0.4 is 10.1 Å². The van der Waals surface area contributed by atoms with Crippen LogP contribution in [0.1, 0.15) is 32.6 Å². The van der Waals surface area contributed by atoms with Crippen molar-refractivity contribution >= 4 is 0 Å². The van der Waals surface area contributed by atoms with E-state index in [2.05, 4.69) is 17.1 Å². The lowest BCUT2D eigenvalue weighted by molar-refractivity contribution is 0.0983. The van der Waals surface area contributed by atoms with E-state index < -0.39 is 0 Å². The highest BCUT2D eigenvalue weighted by Gasteiger charge is 2.39. The lowest BCUT2D eigenvalue weighted by atomic mass is 9.97. The second-order valence-electron chi connectivity index (χ2n) is 6.01. The Bertz CT molecular complexity index is 395. The smallest absolute Gasteiger partial charge is 0.119 e. The van der Waals surface area contributed by atoms with Crippen LogP contribution in [0.3, 0.4) is 0 Å². The van der Waals surface area contributed by atoms with Gasteiger partial charge in [0.1, 0.15) is 12.4 Å². The maximum Gasteiger partial charge on any atom is 0.119 e. The number of nitrogens with one attached hydrogen (secondary N) is 1. The molecule has 2 aliphatic rings. The zero-order valence-electron chi connectivity index (χ0n) is 12.4. The van der Waals surface area contributed by atoms with Crippen LogP contribution in [0.2, 0.25) is 0 Å². The number of benzene rings is 1. The van der Waals surface area contributed by atoms with Crippen molar-refractivity contribution in [3.05, 3.63) is 30.3 Å². The Hall–Kier alpha value is -1.06.